The largest absolute Gasteiger partial charge is 0.493 e. The number of aromatic nitrogens is 1. The molecule has 3 rings (SSSR count). The minimum Gasteiger partial charge on any atom is -0.493 e. The summed E-state index contributed by atoms with van der Waals surface area (Å²) >= 11 is 5.99. The van der Waals surface area contributed by atoms with Crippen molar-refractivity contribution < 1.29 is 14.3 Å². The van der Waals surface area contributed by atoms with Gasteiger partial charge in [0.15, 0.2) is 11.5 Å². The van der Waals surface area contributed by atoms with E-state index < -0.39 is 0 Å². The summed E-state index contributed by atoms with van der Waals surface area (Å²) in [5.74, 6) is 1.09. The predicted molar refractivity (Wildman–Crippen MR) is 98.7 cm³/mol. The first-order valence-corrected chi connectivity index (χ1v) is 8.20. The Morgan fingerprint density at radius 1 is 1.08 bits per heavy atom. The number of hydrogen-bond donors (Lipinski definition) is 2. The number of halogens is 1. The highest BCUT2D eigenvalue weighted by Gasteiger charge is 2.15. The first-order valence-electron chi connectivity index (χ1n) is 7.83. The lowest BCUT2D eigenvalue weighted by molar-refractivity contribution is 0.0935. The Hall–Kier alpha value is -2.66. The zero-order valence-corrected chi connectivity index (χ0v) is 15.0. The van der Waals surface area contributed by atoms with E-state index >= 15 is 0 Å². The molecule has 0 radical (unpaired) electrons. The highest BCUT2D eigenvalue weighted by Crippen LogP contribution is 2.30. The van der Waals surface area contributed by atoms with Crippen LogP contribution in [-0.4, -0.2) is 25.1 Å². The molecular weight excluding hydrogens is 340 g/mol. The normalized spacial score (nSPS) is 12.0. The molecule has 0 unspecified atom stereocenters. The number of carbonyl (C=O) groups is 1. The van der Waals surface area contributed by atoms with E-state index in [9.17, 15) is 4.79 Å². The summed E-state index contributed by atoms with van der Waals surface area (Å²) < 4.78 is 10.5. The van der Waals surface area contributed by atoms with E-state index in [0.717, 1.165) is 16.5 Å². The molecule has 1 atom stereocenters. The minimum absolute atomic E-state index is 0.186. The molecule has 0 fully saturated rings. The van der Waals surface area contributed by atoms with Crippen molar-refractivity contribution in [2.45, 2.75) is 13.0 Å². The highest BCUT2D eigenvalue weighted by molar-refractivity contribution is 6.31. The average Bonchev–Trinajstić information content (AvgIpc) is 3.04. The van der Waals surface area contributed by atoms with E-state index in [1.54, 1.807) is 26.4 Å². The fourth-order valence-electron chi connectivity index (χ4n) is 2.71. The van der Waals surface area contributed by atoms with Crippen molar-refractivity contribution in [1.29, 1.82) is 0 Å². The first-order chi connectivity index (χ1) is 12.0. The Morgan fingerprint density at radius 3 is 2.56 bits per heavy atom. The summed E-state index contributed by atoms with van der Waals surface area (Å²) in [5, 5.41) is 4.51. The van der Waals surface area contributed by atoms with E-state index in [-0.39, 0.29) is 11.9 Å². The molecule has 2 N–H and O–H groups in total. The molecular formula is C19H19ClN2O3. The minimum atomic E-state index is -0.192. The van der Waals surface area contributed by atoms with Crippen LogP contribution in [0.3, 0.4) is 0 Å². The molecule has 2 aromatic carbocycles. The van der Waals surface area contributed by atoms with Crippen molar-refractivity contribution in [1.82, 2.24) is 10.3 Å². The van der Waals surface area contributed by atoms with Crippen LogP contribution >= 0.6 is 11.6 Å². The molecule has 25 heavy (non-hydrogen) atoms. The van der Waals surface area contributed by atoms with Crippen LogP contribution < -0.4 is 14.8 Å². The summed E-state index contributed by atoms with van der Waals surface area (Å²) in [4.78, 5) is 15.6. The van der Waals surface area contributed by atoms with Crippen molar-refractivity contribution in [3.63, 3.8) is 0 Å². The van der Waals surface area contributed by atoms with Gasteiger partial charge in [-0.1, -0.05) is 17.7 Å². The van der Waals surface area contributed by atoms with E-state index in [4.69, 9.17) is 21.1 Å². The lowest BCUT2D eigenvalue weighted by atomic mass is 10.1. The highest BCUT2D eigenvalue weighted by atomic mass is 35.5. The number of carbonyl (C=O) groups excluding carboxylic acids is 1. The van der Waals surface area contributed by atoms with Crippen molar-refractivity contribution in [2.75, 3.05) is 14.2 Å². The number of benzene rings is 2. The van der Waals surface area contributed by atoms with Crippen molar-refractivity contribution in [2.24, 2.45) is 0 Å². The zero-order valence-electron chi connectivity index (χ0n) is 14.2. The van der Waals surface area contributed by atoms with Gasteiger partial charge in [-0.15, -0.1) is 0 Å². The SMILES string of the molecule is COc1ccc([C@H](C)NC(=O)c2cc3cc(Cl)ccc3[nH]2)cc1OC. The van der Waals surface area contributed by atoms with Crippen LogP contribution in [0.25, 0.3) is 10.9 Å². The van der Waals surface area contributed by atoms with Gasteiger partial charge in [0, 0.05) is 15.9 Å². The Kier molecular flexibility index (Phi) is 4.86. The van der Waals surface area contributed by atoms with Gasteiger partial charge in [-0.25, -0.2) is 0 Å². The van der Waals surface area contributed by atoms with Crippen LogP contribution in [0.5, 0.6) is 11.5 Å². The third kappa shape index (κ3) is 3.56. The summed E-state index contributed by atoms with van der Waals surface area (Å²) in [6, 6.07) is 12.6. The fraction of sp³-hybridized carbons (Fsp3) is 0.211. The molecule has 0 saturated carbocycles. The van der Waals surface area contributed by atoms with E-state index in [1.807, 2.05) is 37.3 Å². The Balaban J connectivity index is 1.79. The molecule has 1 aromatic heterocycles. The molecule has 0 aliphatic heterocycles. The molecule has 0 aliphatic carbocycles. The van der Waals surface area contributed by atoms with Gasteiger partial charge in [0.05, 0.1) is 20.3 Å². The third-order valence-electron chi connectivity index (χ3n) is 4.08. The molecule has 0 spiro atoms. The molecule has 5 nitrogen and oxygen atoms in total. The number of amides is 1. The quantitative estimate of drug-likeness (QED) is 0.713. The van der Waals surface area contributed by atoms with Crippen LogP contribution in [0.2, 0.25) is 5.02 Å². The topological polar surface area (TPSA) is 63.3 Å². The van der Waals surface area contributed by atoms with Gasteiger partial charge in [0.25, 0.3) is 5.91 Å². The van der Waals surface area contributed by atoms with Gasteiger partial charge in [-0.05, 0) is 48.9 Å². The van der Waals surface area contributed by atoms with Gasteiger partial charge in [-0.3, -0.25) is 4.79 Å². The van der Waals surface area contributed by atoms with Crippen LogP contribution in [0.4, 0.5) is 0 Å². The van der Waals surface area contributed by atoms with Crippen LogP contribution in [-0.2, 0) is 0 Å². The zero-order chi connectivity index (χ0) is 18.0. The molecule has 0 bridgehead atoms. The third-order valence-corrected chi connectivity index (χ3v) is 4.32. The first kappa shape index (κ1) is 17.2. The van der Waals surface area contributed by atoms with Crippen molar-refractivity contribution in [3.8, 4) is 11.5 Å². The second-order valence-corrected chi connectivity index (χ2v) is 6.16. The second-order valence-electron chi connectivity index (χ2n) is 5.72. The molecule has 3 aromatic rings. The van der Waals surface area contributed by atoms with Crippen LogP contribution in [0.15, 0.2) is 42.5 Å². The van der Waals surface area contributed by atoms with Gasteiger partial charge < -0.3 is 19.8 Å². The molecule has 6 heteroatoms. The molecule has 1 amide bonds. The summed E-state index contributed by atoms with van der Waals surface area (Å²) in [6.45, 7) is 1.92. The number of ether oxygens (including phenoxy) is 2. The summed E-state index contributed by atoms with van der Waals surface area (Å²) in [7, 11) is 3.17. The number of hydrogen-bond acceptors (Lipinski definition) is 3. The number of H-pyrrole nitrogens is 1. The van der Waals surface area contributed by atoms with E-state index in [2.05, 4.69) is 10.3 Å². The number of rotatable bonds is 5. The van der Waals surface area contributed by atoms with Gasteiger partial charge >= 0.3 is 0 Å². The number of fused-ring (bicyclic) bond motifs is 1. The number of aromatic amines is 1. The lowest BCUT2D eigenvalue weighted by Gasteiger charge is -2.16. The Bertz CT molecular complexity index is 920. The fourth-order valence-corrected chi connectivity index (χ4v) is 2.89. The molecule has 0 saturated heterocycles. The van der Waals surface area contributed by atoms with Crippen LogP contribution in [0, 0.1) is 0 Å². The van der Waals surface area contributed by atoms with Crippen LogP contribution in [0.1, 0.15) is 29.0 Å². The second kappa shape index (κ2) is 7.07. The standard InChI is InChI=1S/C19H19ClN2O3/c1-11(12-4-7-17(24-2)18(10-12)25-3)21-19(23)16-9-13-8-14(20)5-6-15(13)22-16/h4-11,22H,1-3H3,(H,21,23)/t11-/m0/s1. The van der Waals surface area contributed by atoms with Crippen molar-refractivity contribution in [3.05, 3.63) is 58.7 Å². The predicted octanol–water partition coefficient (Wildman–Crippen LogP) is 4.33. The number of methoxy groups -OCH3 is 2. The number of nitrogens with one attached hydrogen (secondary N) is 2. The maximum Gasteiger partial charge on any atom is 0.268 e. The lowest BCUT2D eigenvalue weighted by Crippen LogP contribution is -2.26. The van der Waals surface area contributed by atoms with E-state index in [0.29, 0.717) is 22.2 Å². The average molecular weight is 359 g/mol. The summed E-state index contributed by atoms with van der Waals surface area (Å²) in [5.41, 5.74) is 2.28. The molecule has 1 heterocycles. The monoisotopic (exact) mass is 358 g/mol. The summed E-state index contributed by atoms with van der Waals surface area (Å²) in [6.07, 6.45) is 0. The van der Waals surface area contributed by atoms with Gasteiger partial charge in [0.1, 0.15) is 5.69 Å². The smallest absolute Gasteiger partial charge is 0.268 e. The Labute approximate surface area is 150 Å². The maximum absolute atomic E-state index is 12.5. The van der Waals surface area contributed by atoms with Gasteiger partial charge in [-0.2, -0.15) is 0 Å². The maximum atomic E-state index is 12.5. The molecule has 0 aliphatic rings. The Morgan fingerprint density at radius 2 is 1.84 bits per heavy atom. The molecule has 130 valence electrons. The van der Waals surface area contributed by atoms with Gasteiger partial charge in [0.2, 0.25) is 0 Å². The van der Waals surface area contributed by atoms with E-state index in [1.165, 1.54) is 0 Å². The van der Waals surface area contributed by atoms with Crippen molar-refractivity contribution >= 4 is 28.4 Å².